The van der Waals surface area contributed by atoms with Gasteiger partial charge in [0.2, 0.25) is 0 Å². The number of rotatable bonds is 6. The first-order chi connectivity index (χ1) is 9.25. The summed E-state index contributed by atoms with van der Waals surface area (Å²) in [6, 6.07) is 11.7. The summed E-state index contributed by atoms with van der Waals surface area (Å²) in [4.78, 5) is 0. The summed E-state index contributed by atoms with van der Waals surface area (Å²) in [6.07, 6.45) is 1.13. The molecule has 0 saturated carbocycles. The van der Waals surface area contributed by atoms with Crippen molar-refractivity contribution in [3.63, 3.8) is 0 Å². The predicted molar refractivity (Wildman–Crippen MR) is 79.5 cm³/mol. The molecular weight excluding hydrogens is 236 g/mol. The average molecular weight is 262 g/mol. The van der Waals surface area contributed by atoms with Gasteiger partial charge < -0.3 is 15.4 Å². The van der Waals surface area contributed by atoms with Crippen molar-refractivity contribution in [1.82, 2.24) is 10.6 Å². The molecule has 1 fully saturated rings. The minimum Gasteiger partial charge on any atom is -0.379 e. The summed E-state index contributed by atoms with van der Waals surface area (Å²) in [5, 5.41) is 7.14. The van der Waals surface area contributed by atoms with Gasteiger partial charge in [-0.1, -0.05) is 37.3 Å². The highest BCUT2D eigenvalue weighted by Crippen LogP contribution is 2.13. The van der Waals surface area contributed by atoms with E-state index < -0.39 is 0 Å². The number of benzene rings is 1. The molecule has 1 heterocycles. The monoisotopic (exact) mass is 262 g/mol. The zero-order chi connectivity index (χ0) is 13.5. The molecule has 3 nitrogen and oxygen atoms in total. The summed E-state index contributed by atoms with van der Waals surface area (Å²) in [7, 11) is 0. The van der Waals surface area contributed by atoms with Crippen molar-refractivity contribution < 1.29 is 4.74 Å². The molecule has 2 rings (SSSR count). The third-order valence-corrected chi connectivity index (χ3v) is 3.78. The molecular formula is C16H26N2O. The van der Waals surface area contributed by atoms with Crippen molar-refractivity contribution in [2.24, 2.45) is 0 Å². The lowest BCUT2D eigenvalue weighted by molar-refractivity contribution is 0.0712. The summed E-state index contributed by atoms with van der Waals surface area (Å²) in [5.74, 6) is 0.555. The van der Waals surface area contributed by atoms with Gasteiger partial charge in [0.25, 0.3) is 0 Å². The molecule has 3 unspecified atom stereocenters. The van der Waals surface area contributed by atoms with Gasteiger partial charge in [0.1, 0.15) is 0 Å². The molecule has 19 heavy (non-hydrogen) atoms. The van der Waals surface area contributed by atoms with E-state index >= 15 is 0 Å². The van der Waals surface area contributed by atoms with E-state index in [0.717, 1.165) is 32.7 Å². The molecule has 106 valence electrons. The zero-order valence-corrected chi connectivity index (χ0v) is 12.1. The van der Waals surface area contributed by atoms with Crippen molar-refractivity contribution in [3.8, 4) is 0 Å². The Balaban J connectivity index is 1.69. The number of morpholine rings is 1. The van der Waals surface area contributed by atoms with E-state index in [1.54, 1.807) is 0 Å². The fourth-order valence-electron chi connectivity index (χ4n) is 2.56. The van der Waals surface area contributed by atoms with E-state index in [2.05, 4.69) is 54.8 Å². The molecule has 0 amide bonds. The molecule has 1 aliphatic rings. The lowest BCUT2D eigenvalue weighted by Gasteiger charge is -2.27. The molecule has 3 heteroatoms. The van der Waals surface area contributed by atoms with Crippen molar-refractivity contribution in [2.75, 3.05) is 26.3 Å². The van der Waals surface area contributed by atoms with E-state index in [0.29, 0.717) is 18.0 Å². The van der Waals surface area contributed by atoms with Crippen LogP contribution in [0.4, 0.5) is 0 Å². The number of nitrogens with one attached hydrogen (secondary N) is 2. The fraction of sp³-hybridized carbons (Fsp3) is 0.625. The van der Waals surface area contributed by atoms with E-state index in [9.17, 15) is 0 Å². The second-order valence-electron chi connectivity index (χ2n) is 5.58. The van der Waals surface area contributed by atoms with Crippen LogP contribution in [0, 0.1) is 0 Å². The molecule has 0 radical (unpaired) electrons. The molecule has 1 aliphatic heterocycles. The highest BCUT2D eigenvalue weighted by Gasteiger charge is 2.16. The topological polar surface area (TPSA) is 33.3 Å². The maximum atomic E-state index is 5.49. The first-order valence-corrected chi connectivity index (χ1v) is 7.35. The molecule has 1 aromatic rings. The smallest absolute Gasteiger partial charge is 0.0620 e. The first kappa shape index (κ1) is 14.5. The molecule has 1 saturated heterocycles. The number of ether oxygens (including phenoxy) is 1. The minimum atomic E-state index is 0.503. The van der Waals surface area contributed by atoms with E-state index in [-0.39, 0.29) is 0 Å². The van der Waals surface area contributed by atoms with Gasteiger partial charge in [-0.15, -0.1) is 0 Å². The number of hydrogen-bond acceptors (Lipinski definition) is 3. The molecule has 0 aliphatic carbocycles. The standard InChI is InChI=1S/C16H26N2O/c1-13(15-6-4-3-5-7-15)11-18-14(2)10-16-12-19-9-8-17-16/h3-7,13-14,16-18H,8-12H2,1-2H3. The zero-order valence-electron chi connectivity index (χ0n) is 12.1. The number of hydrogen-bond donors (Lipinski definition) is 2. The Bertz CT molecular complexity index is 349. The van der Waals surface area contributed by atoms with Gasteiger partial charge >= 0.3 is 0 Å². The lowest BCUT2D eigenvalue weighted by Crippen LogP contribution is -2.45. The van der Waals surface area contributed by atoms with Gasteiger partial charge in [-0.25, -0.2) is 0 Å². The molecule has 1 aromatic carbocycles. The molecule has 0 spiro atoms. The van der Waals surface area contributed by atoms with Crippen LogP contribution in [0.25, 0.3) is 0 Å². The van der Waals surface area contributed by atoms with E-state index in [1.807, 2.05) is 0 Å². The van der Waals surface area contributed by atoms with Crippen molar-refractivity contribution in [1.29, 1.82) is 0 Å². The minimum absolute atomic E-state index is 0.503. The highest BCUT2D eigenvalue weighted by molar-refractivity contribution is 5.18. The van der Waals surface area contributed by atoms with Gasteiger partial charge in [0, 0.05) is 25.2 Å². The second-order valence-corrected chi connectivity index (χ2v) is 5.58. The quantitative estimate of drug-likeness (QED) is 0.824. The van der Waals surface area contributed by atoms with Crippen LogP contribution >= 0.6 is 0 Å². The molecule has 2 N–H and O–H groups in total. The van der Waals surface area contributed by atoms with Crippen LogP contribution in [0.15, 0.2) is 30.3 Å². The van der Waals surface area contributed by atoms with Gasteiger partial charge in [-0.2, -0.15) is 0 Å². The lowest BCUT2D eigenvalue weighted by atomic mass is 10.0. The van der Waals surface area contributed by atoms with Crippen LogP contribution in [0.5, 0.6) is 0 Å². The van der Waals surface area contributed by atoms with E-state index in [4.69, 9.17) is 4.74 Å². The predicted octanol–water partition coefficient (Wildman–Crippen LogP) is 2.15. The van der Waals surface area contributed by atoms with Crippen molar-refractivity contribution in [3.05, 3.63) is 35.9 Å². The Hall–Kier alpha value is -0.900. The van der Waals surface area contributed by atoms with Crippen LogP contribution in [0.3, 0.4) is 0 Å². The van der Waals surface area contributed by atoms with Crippen LogP contribution in [0.2, 0.25) is 0 Å². The maximum Gasteiger partial charge on any atom is 0.0620 e. The Morgan fingerprint density at radius 1 is 1.32 bits per heavy atom. The highest BCUT2D eigenvalue weighted by atomic mass is 16.5. The SMILES string of the molecule is CC(CC1COCCN1)NCC(C)c1ccccc1. The Morgan fingerprint density at radius 3 is 2.79 bits per heavy atom. The van der Waals surface area contributed by atoms with Gasteiger partial charge in [-0.05, 0) is 24.8 Å². The Kier molecular flexibility index (Phi) is 5.83. The van der Waals surface area contributed by atoms with Gasteiger partial charge in [0.05, 0.1) is 13.2 Å². The Morgan fingerprint density at radius 2 is 2.11 bits per heavy atom. The molecule has 0 bridgehead atoms. The third kappa shape index (κ3) is 4.94. The maximum absolute atomic E-state index is 5.49. The Labute approximate surface area is 116 Å². The normalized spacial score (nSPS) is 22.9. The first-order valence-electron chi connectivity index (χ1n) is 7.35. The summed E-state index contributed by atoms with van der Waals surface area (Å²) >= 11 is 0. The summed E-state index contributed by atoms with van der Waals surface area (Å²) < 4.78 is 5.49. The molecule has 0 aromatic heterocycles. The largest absolute Gasteiger partial charge is 0.379 e. The summed E-state index contributed by atoms with van der Waals surface area (Å²) in [6.45, 7) is 8.24. The molecule has 3 atom stereocenters. The van der Waals surface area contributed by atoms with Crippen LogP contribution in [0.1, 0.15) is 31.7 Å². The summed E-state index contributed by atoms with van der Waals surface area (Å²) in [5.41, 5.74) is 1.40. The second kappa shape index (κ2) is 7.63. The van der Waals surface area contributed by atoms with Gasteiger partial charge in [-0.3, -0.25) is 0 Å². The van der Waals surface area contributed by atoms with Crippen LogP contribution < -0.4 is 10.6 Å². The fourth-order valence-corrected chi connectivity index (χ4v) is 2.56. The van der Waals surface area contributed by atoms with E-state index in [1.165, 1.54) is 5.56 Å². The van der Waals surface area contributed by atoms with Crippen molar-refractivity contribution in [2.45, 2.75) is 38.3 Å². The third-order valence-electron chi connectivity index (χ3n) is 3.78. The van der Waals surface area contributed by atoms with Gasteiger partial charge in [0.15, 0.2) is 0 Å². The van der Waals surface area contributed by atoms with Crippen LogP contribution in [-0.4, -0.2) is 38.4 Å². The van der Waals surface area contributed by atoms with Crippen LogP contribution in [-0.2, 0) is 4.74 Å². The average Bonchev–Trinajstić information content (AvgIpc) is 2.47. The van der Waals surface area contributed by atoms with Crippen molar-refractivity contribution >= 4 is 0 Å².